The lowest BCUT2D eigenvalue weighted by Gasteiger charge is -2.24. The van der Waals surface area contributed by atoms with Gasteiger partial charge in [-0.25, -0.2) is 9.79 Å². The first-order valence-corrected chi connectivity index (χ1v) is 10.6. The number of aromatic nitrogens is 3. The van der Waals surface area contributed by atoms with Gasteiger partial charge in [0.15, 0.2) is 4.80 Å². The summed E-state index contributed by atoms with van der Waals surface area (Å²) in [5.41, 5.74) is 2.26. The number of carbonyl (C=O) groups excluding carboxylic acids is 1. The molecule has 1 aliphatic heterocycles. The van der Waals surface area contributed by atoms with Crippen LogP contribution in [-0.2, 0) is 16.6 Å². The van der Waals surface area contributed by atoms with Crippen molar-refractivity contribution in [3.8, 4) is 5.75 Å². The summed E-state index contributed by atoms with van der Waals surface area (Å²) >= 11 is 1.28. The van der Waals surface area contributed by atoms with Gasteiger partial charge in [-0.15, -0.1) is 0 Å². The number of aryl methyl sites for hydroxylation is 1. The Morgan fingerprint density at radius 1 is 1.29 bits per heavy atom. The third-order valence-corrected chi connectivity index (χ3v) is 5.95. The zero-order valence-corrected chi connectivity index (χ0v) is 18.5. The van der Waals surface area contributed by atoms with Crippen LogP contribution in [0.5, 0.6) is 5.75 Å². The van der Waals surface area contributed by atoms with Crippen molar-refractivity contribution in [2.45, 2.75) is 19.9 Å². The second-order valence-corrected chi connectivity index (χ2v) is 8.03. The number of hydrogen-bond donors (Lipinski definition) is 0. The Hall–Kier alpha value is -3.46. The number of allylic oxidation sites excluding steroid dienone is 1. The molecule has 0 saturated carbocycles. The number of benzene rings is 1. The van der Waals surface area contributed by atoms with Crippen molar-refractivity contribution in [1.29, 1.82) is 0 Å². The highest BCUT2D eigenvalue weighted by Gasteiger charge is 2.33. The van der Waals surface area contributed by atoms with Gasteiger partial charge in [0.2, 0.25) is 0 Å². The maximum Gasteiger partial charge on any atom is 0.338 e. The Morgan fingerprint density at radius 3 is 2.65 bits per heavy atom. The van der Waals surface area contributed by atoms with Crippen LogP contribution < -0.4 is 19.6 Å². The molecule has 0 spiro atoms. The van der Waals surface area contributed by atoms with E-state index in [1.54, 1.807) is 54.6 Å². The van der Waals surface area contributed by atoms with Gasteiger partial charge in [-0.2, -0.15) is 5.10 Å². The topological polar surface area (TPSA) is 87.7 Å². The lowest BCUT2D eigenvalue weighted by Crippen LogP contribution is -2.39. The molecule has 0 N–H and O–H groups in total. The molecule has 0 saturated heterocycles. The second-order valence-electron chi connectivity index (χ2n) is 7.02. The SMILES string of the molecule is CCOC(=O)C1=C(C)N=c2sc(=Cc3cnn(C)c3)c(=O)n2[C@H]1c1ccc(OC)cc1. The molecule has 9 heteroatoms. The monoisotopic (exact) mass is 438 g/mol. The maximum atomic E-state index is 13.4. The van der Waals surface area contributed by atoms with Crippen molar-refractivity contribution in [2.75, 3.05) is 13.7 Å². The van der Waals surface area contributed by atoms with E-state index in [2.05, 4.69) is 10.1 Å². The quantitative estimate of drug-likeness (QED) is 0.564. The number of hydrogen-bond acceptors (Lipinski definition) is 7. The number of ether oxygens (including phenoxy) is 2. The molecule has 0 bridgehead atoms. The molecule has 8 nitrogen and oxygen atoms in total. The summed E-state index contributed by atoms with van der Waals surface area (Å²) in [5.74, 6) is 0.206. The van der Waals surface area contributed by atoms with Crippen molar-refractivity contribution in [2.24, 2.45) is 12.0 Å². The molecule has 0 unspecified atom stereocenters. The summed E-state index contributed by atoms with van der Waals surface area (Å²) in [6, 6.07) is 6.66. The molecule has 0 aliphatic carbocycles. The van der Waals surface area contributed by atoms with Crippen LogP contribution in [0.2, 0.25) is 0 Å². The van der Waals surface area contributed by atoms with E-state index in [1.807, 2.05) is 25.4 Å². The third kappa shape index (κ3) is 3.84. The standard InChI is InChI=1S/C22H22N4O4S/c1-5-30-21(28)18-13(2)24-22-26(19(18)15-6-8-16(29-4)9-7-15)20(27)17(31-22)10-14-11-23-25(3)12-14/h6-12,19H,5H2,1-4H3/t19-/m0/s1. The first kappa shape index (κ1) is 20.8. The Labute approximate surface area is 182 Å². The van der Waals surface area contributed by atoms with Crippen LogP contribution in [-0.4, -0.2) is 34.0 Å². The predicted molar refractivity (Wildman–Crippen MR) is 117 cm³/mol. The Balaban J connectivity index is 1.94. The molecular formula is C22H22N4O4S. The molecule has 0 amide bonds. The van der Waals surface area contributed by atoms with Gasteiger partial charge in [0.1, 0.15) is 5.75 Å². The van der Waals surface area contributed by atoms with Crippen molar-refractivity contribution in [3.63, 3.8) is 0 Å². The van der Waals surface area contributed by atoms with E-state index in [9.17, 15) is 9.59 Å². The fourth-order valence-corrected chi connectivity index (χ4v) is 4.61. The number of methoxy groups -OCH3 is 1. The highest BCUT2D eigenvalue weighted by molar-refractivity contribution is 7.07. The number of thiazole rings is 1. The molecule has 3 heterocycles. The molecule has 0 radical (unpaired) electrons. The van der Waals surface area contributed by atoms with Crippen LogP contribution in [0.25, 0.3) is 6.08 Å². The highest BCUT2D eigenvalue weighted by atomic mass is 32.1. The van der Waals surface area contributed by atoms with E-state index >= 15 is 0 Å². The van der Waals surface area contributed by atoms with E-state index in [0.717, 1.165) is 11.1 Å². The molecule has 1 atom stereocenters. The first-order chi connectivity index (χ1) is 14.9. The second kappa shape index (κ2) is 8.35. The lowest BCUT2D eigenvalue weighted by atomic mass is 9.96. The smallest absolute Gasteiger partial charge is 0.338 e. The molecule has 1 aromatic carbocycles. The molecule has 4 rings (SSSR count). The molecule has 31 heavy (non-hydrogen) atoms. The minimum Gasteiger partial charge on any atom is -0.497 e. The summed E-state index contributed by atoms with van der Waals surface area (Å²) in [7, 11) is 3.40. The Morgan fingerprint density at radius 2 is 2.03 bits per heavy atom. The summed E-state index contributed by atoms with van der Waals surface area (Å²) in [6.45, 7) is 3.75. The number of fused-ring (bicyclic) bond motifs is 1. The van der Waals surface area contributed by atoms with Crippen molar-refractivity contribution in [1.82, 2.24) is 14.3 Å². The van der Waals surface area contributed by atoms with Crippen molar-refractivity contribution in [3.05, 3.63) is 78.7 Å². The number of carbonyl (C=O) groups is 1. The maximum absolute atomic E-state index is 13.4. The van der Waals surface area contributed by atoms with Crippen LogP contribution >= 0.6 is 11.3 Å². The predicted octanol–water partition coefficient (Wildman–Crippen LogP) is 1.54. The van der Waals surface area contributed by atoms with E-state index in [0.29, 0.717) is 26.4 Å². The Bertz CT molecular complexity index is 1350. The minimum absolute atomic E-state index is 0.220. The normalized spacial score (nSPS) is 16.1. The number of nitrogens with zero attached hydrogens (tertiary/aromatic N) is 4. The van der Waals surface area contributed by atoms with Gasteiger partial charge in [0.25, 0.3) is 5.56 Å². The lowest BCUT2D eigenvalue weighted by molar-refractivity contribution is -0.139. The first-order valence-electron chi connectivity index (χ1n) is 9.75. The van der Waals surface area contributed by atoms with E-state index in [4.69, 9.17) is 9.47 Å². The van der Waals surface area contributed by atoms with Crippen LogP contribution in [0.15, 0.2) is 57.7 Å². The van der Waals surface area contributed by atoms with Crippen LogP contribution in [0, 0.1) is 0 Å². The Kier molecular flexibility index (Phi) is 5.60. The third-order valence-electron chi connectivity index (χ3n) is 4.97. The van der Waals surface area contributed by atoms with Crippen LogP contribution in [0.1, 0.15) is 31.0 Å². The minimum atomic E-state index is -0.641. The zero-order chi connectivity index (χ0) is 22.1. The van der Waals surface area contributed by atoms with Crippen molar-refractivity contribution >= 4 is 23.4 Å². The van der Waals surface area contributed by atoms with E-state index < -0.39 is 12.0 Å². The van der Waals surface area contributed by atoms with Gasteiger partial charge >= 0.3 is 5.97 Å². The fourth-order valence-electron chi connectivity index (χ4n) is 3.56. The summed E-state index contributed by atoms with van der Waals surface area (Å²) in [6.07, 6.45) is 5.30. The average Bonchev–Trinajstić information content (AvgIpc) is 3.30. The van der Waals surface area contributed by atoms with Crippen LogP contribution in [0.3, 0.4) is 0 Å². The molecule has 3 aromatic rings. The van der Waals surface area contributed by atoms with Gasteiger partial charge in [0, 0.05) is 18.8 Å². The highest BCUT2D eigenvalue weighted by Crippen LogP contribution is 2.31. The van der Waals surface area contributed by atoms with Gasteiger partial charge in [0.05, 0.1) is 41.8 Å². The summed E-state index contributed by atoms with van der Waals surface area (Å²) < 4.78 is 14.3. The van der Waals surface area contributed by atoms with Gasteiger partial charge in [-0.05, 0) is 37.6 Å². The molecule has 0 fully saturated rings. The van der Waals surface area contributed by atoms with Crippen LogP contribution in [0.4, 0.5) is 0 Å². The number of esters is 1. The van der Waals surface area contributed by atoms with Gasteiger partial charge in [-0.1, -0.05) is 23.5 Å². The zero-order valence-electron chi connectivity index (χ0n) is 17.7. The molecule has 160 valence electrons. The summed E-state index contributed by atoms with van der Waals surface area (Å²) in [4.78, 5) is 31.4. The molecule has 1 aliphatic rings. The number of rotatable bonds is 5. The molecule has 2 aromatic heterocycles. The van der Waals surface area contributed by atoms with E-state index in [1.165, 1.54) is 11.3 Å². The fraction of sp³-hybridized carbons (Fsp3) is 0.273. The van der Waals surface area contributed by atoms with Gasteiger partial charge < -0.3 is 9.47 Å². The van der Waals surface area contributed by atoms with E-state index in [-0.39, 0.29) is 12.2 Å². The largest absolute Gasteiger partial charge is 0.497 e. The summed E-state index contributed by atoms with van der Waals surface area (Å²) in [5, 5.41) is 4.15. The average molecular weight is 439 g/mol. The molecular weight excluding hydrogens is 416 g/mol. The van der Waals surface area contributed by atoms with Crippen molar-refractivity contribution < 1.29 is 14.3 Å². The van der Waals surface area contributed by atoms with Gasteiger partial charge in [-0.3, -0.25) is 14.0 Å².